The maximum Gasteiger partial charge on any atom is 0.0695 e. The highest BCUT2D eigenvalue weighted by Gasteiger charge is 2.25. The van der Waals surface area contributed by atoms with Gasteiger partial charge in [0.15, 0.2) is 0 Å². The summed E-state index contributed by atoms with van der Waals surface area (Å²) in [5.41, 5.74) is 1.28. The van der Waals surface area contributed by atoms with Crippen molar-refractivity contribution in [1.82, 2.24) is 15.1 Å². The SMILES string of the molecule is CCCC(CCC)C(NCC)c1c(Br)cnn1C. The van der Waals surface area contributed by atoms with E-state index in [0.717, 1.165) is 11.0 Å². The minimum absolute atomic E-state index is 0.400. The van der Waals surface area contributed by atoms with Crippen molar-refractivity contribution in [2.75, 3.05) is 6.54 Å². The minimum atomic E-state index is 0.400. The fraction of sp³-hybridized carbons (Fsp3) is 0.786. The summed E-state index contributed by atoms with van der Waals surface area (Å²) in [6.45, 7) is 7.70. The molecule has 1 rings (SSSR count). The number of rotatable bonds is 8. The van der Waals surface area contributed by atoms with Crippen LogP contribution in [0.25, 0.3) is 0 Å². The Hall–Kier alpha value is -0.350. The fourth-order valence-corrected chi connectivity index (χ4v) is 3.29. The first-order chi connectivity index (χ1) is 8.65. The number of nitrogens with one attached hydrogen (secondary N) is 1. The zero-order valence-corrected chi connectivity index (χ0v) is 13.6. The molecule has 1 heterocycles. The van der Waals surface area contributed by atoms with Gasteiger partial charge in [-0.1, -0.05) is 33.6 Å². The molecular weight excluding hydrogens is 290 g/mol. The summed E-state index contributed by atoms with van der Waals surface area (Å²) < 4.78 is 3.11. The summed E-state index contributed by atoms with van der Waals surface area (Å²) in [6.07, 6.45) is 6.91. The van der Waals surface area contributed by atoms with E-state index in [2.05, 4.69) is 47.1 Å². The zero-order chi connectivity index (χ0) is 13.5. The fourth-order valence-electron chi connectivity index (χ4n) is 2.70. The molecule has 1 N–H and O–H groups in total. The molecule has 0 amide bonds. The lowest BCUT2D eigenvalue weighted by atomic mass is 9.88. The largest absolute Gasteiger partial charge is 0.309 e. The van der Waals surface area contributed by atoms with Crippen LogP contribution in [-0.2, 0) is 7.05 Å². The van der Waals surface area contributed by atoms with Gasteiger partial charge in [0, 0.05) is 7.05 Å². The van der Waals surface area contributed by atoms with Gasteiger partial charge in [0.05, 0.1) is 22.4 Å². The van der Waals surface area contributed by atoms with E-state index in [4.69, 9.17) is 0 Å². The van der Waals surface area contributed by atoms with Crippen LogP contribution in [0.4, 0.5) is 0 Å². The second-order valence-electron chi connectivity index (χ2n) is 4.87. The Bertz CT molecular complexity index is 323. The minimum Gasteiger partial charge on any atom is -0.309 e. The summed E-state index contributed by atoms with van der Waals surface area (Å²) in [4.78, 5) is 0. The number of aromatic nitrogens is 2. The Balaban J connectivity index is 2.98. The van der Waals surface area contributed by atoms with Crippen LogP contribution in [0.15, 0.2) is 10.7 Å². The molecule has 1 aromatic rings. The van der Waals surface area contributed by atoms with E-state index in [1.54, 1.807) is 0 Å². The van der Waals surface area contributed by atoms with Gasteiger partial charge >= 0.3 is 0 Å². The van der Waals surface area contributed by atoms with Gasteiger partial charge < -0.3 is 5.32 Å². The van der Waals surface area contributed by atoms with Crippen LogP contribution in [0, 0.1) is 5.92 Å². The molecule has 3 nitrogen and oxygen atoms in total. The first kappa shape index (κ1) is 15.7. The van der Waals surface area contributed by atoms with Gasteiger partial charge in [-0.2, -0.15) is 5.10 Å². The molecule has 0 aliphatic heterocycles. The maximum atomic E-state index is 4.35. The highest BCUT2D eigenvalue weighted by atomic mass is 79.9. The molecule has 18 heavy (non-hydrogen) atoms. The van der Waals surface area contributed by atoms with Gasteiger partial charge in [0.1, 0.15) is 0 Å². The van der Waals surface area contributed by atoms with Crippen molar-refractivity contribution < 1.29 is 0 Å². The summed E-state index contributed by atoms with van der Waals surface area (Å²) in [6, 6.07) is 0.400. The number of aryl methyl sites for hydroxylation is 1. The molecule has 0 aromatic carbocycles. The number of nitrogens with zero attached hydrogens (tertiary/aromatic N) is 2. The molecule has 1 unspecified atom stereocenters. The quantitative estimate of drug-likeness (QED) is 0.784. The number of hydrogen-bond donors (Lipinski definition) is 1. The van der Waals surface area contributed by atoms with Crippen LogP contribution >= 0.6 is 15.9 Å². The first-order valence-corrected chi connectivity index (χ1v) is 7.85. The molecular formula is C14H26BrN3. The molecule has 1 aromatic heterocycles. The zero-order valence-electron chi connectivity index (χ0n) is 12.0. The Morgan fingerprint density at radius 2 is 1.89 bits per heavy atom. The predicted octanol–water partition coefficient (Wildman–Crippen LogP) is 4.05. The molecule has 1 atom stereocenters. The topological polar surface area (TPSA) is 29.9 Å². The Morgan fingerprint density at radius 3 is 2.28 bits per heavy atom. The van der Waals surface area contributed by atoms with Crippen LogP contribution in [-0.4, -0.2) is 16.3 Å². The van der Waals surface area contributed by atoms with E-state index in [9.17, 15) is 0 Å². The number of hydrogen-bond acceptors (Lipinski definition) is 2. The smallest absolute Gasteiger partial charge is 0.0695 e. The molecule has 0 radical (unpaired) electrons. The van der Waals surface area contributed by atoms with Gasteiger partial charge in [-0.05, 0) is 41.2 Å². The first-order valence-electron chi connectivity index (χ1n) is 7.06. The van der Waals surface area contributed by atoms with E-state index >= 15 is 0 Å². The molecule has 0 bridgehead atoms. The standard InChI is InChI=1S/C14H26BrN3/c1-5-8-11(9-6-2)13(16-7-3)14-12(15)10-17-18(14)4/h10-11,13,16H,5-9H2,1-4H3. The normalized spacial score (nSPS) is 13.2. The van der Waals surface area contributed by atoms with Crippen LogP contribution in [0.3, 0.4) is 0 Å². The van der Waals surface area contributed by atoms with Crippen molar-refractivity contribution in [3.8, 4) is 0 Å². The van der Waals surface area contributed by atoms with Crippen molar-refractivity contribution in [2.24, 2.45) is 13.0 Å². The molecule has 4 heteroatoms. The van der Waals surface area contributed by atoms with E-state index in [0.29, 0.717) is 12.0 Å². The van der Waals surface area contributed by atoms with Crippen LogP contribution in [0.2, 0.25) is 0 Å². The Kier molecular flexibility index (Phi) is 6.94. The van der Waals surface area contributed by atoms with Gasteiger partial charge in [-0.3, -0.25) is 4.68 Å². The summed E-state index contributed by atoms with van der Waals surface area (Å²) in [5.74, 6) is 0.687. The number of halogens is 1. The van der Waals surface area contributed by atoms with E-state index in [1.165, 1.54) is 31.4 Å². The Labute approximate surface area is 119 Å². The van der Waals surface area contributed by atoms with Crippen molar-refractivity contribution in [3.05, 3.63) is 16.4 Å². The second kappa shape index (κ2) is 7.95. The third-order valence-corrected chi connectivity index (χ3v) is 4.06. The maximum absolute atomic E-state index is 4.35. The lowest BCUT2D eigenvalue weighted by Gasteiger charge is -2.28. The Morgan fingerprint density at radius 1 is 1.28 bits per heavy atom. The molecule has 0 saturated heterocycles. The third-order valence-electron chi connectivity index (χ3n) is 3.45. The average Bonchev–Trinajstić information content (AvgIpc) is 2.66. The van der Waals surface area contributed by atoms with E-state index in [1.807, 2.05) is 17.9 Å². The molecule has 0 aliphatic rings. The van der Waals surface area contributed by atoms with Crippen LogP contribution in [0.5, 0.6) is 0 Å². The average molecular weight is 316 g/mol. The monoisotopic (exact) mass is 315 g/mol. The highest BCUT2D eigenvalue weighted by molar-refractivity contribution is 9.10. The second-order valence-corrected chi connectivity index (χ2v) is 5.73. The molecule has 0 spiro atoms. The molecule has 104 valence electrons. The van der Waals surface area contributed by atoms with Crippen LogP contribution in [0.1, 0.15) is 58.2 Å². The predicted molar refractivity (Wildman–Crippen MR) is 80.6 cm³/mol. The van der Waals surface area contributed by atoms with E-state index in [-0.39, 0.29) is 0 Å². The molecule has 0 fully saturated rings. The van der Waals surface area contributed by atoms with Crippen molar-refractivity contribution in [1.29, 1.82) is 0 Å². The third kappa shape index (κ3) is 3.82. The molecule has 0 aliphatic carbocycles. The summed E-state index contributed by atoms with van der Waals surface area (Å²) in [5, 5.41) is 8.00. The van der Waals surface area contributed by atoms with Gasteiger partial charge in [0.25, 0.3) is 0 Å². The van der Waals surface area contributed by atoms with Gasteiger partial charge in [0.2, 0.25) is 0 Å². The lowest BCUT2D eigenvalue weighted by Crippen LogP contribution is -2.30. The van der Waals surface area contributed by atoms with Crippen molar-refractivity contribution in [2.45, 2.75) is 52.5 Å². The van der Waals surface area contributed by atoms with Crippen LogP contribution < -0.4 is 5.32 Å². The highest BCUT2D eigenvalue weighted by Crippen LogP contribution is 2.33. The summed E-state index contributed by atoms with van der Waals surface area (Å²) in [7, 11) is 2.03. The van der Waals surface area contributed by atoms with Crippen molar-refractivity contribution in [3.63, 3.8) is 0 Å². The molecule has 0 saturated carbocycles. The summed E-state index contributed by atoms with van der Waals surface area (Å²) >= 11 is 3.63. The van der Waals surface area contributed by atoms with Gasteiger partial charge in [-0.15, -0.1) is 0 Å². The van der Waals surface area contributed by atoms with Crippen molar-refractivity contribution >= 4 is 15.9 Å². The van der Waals surface area contributed by atoms with E-state index < -0.39 is 0 Å². The van der Waals surface area contributed by atoms with Gasteiger partial charge in [-0.25, -0.2) is 0 Å². The lowest BCUT2D eigenvalue weighted by molar-refractivity contribution is 0.307.